The van der Waals surface area contributed by atoms with Gasteiger partial charge in [-0.05, 0) is 43.8 Å². The lowest BCUT2D eigenvalue weighted by atomic mass is 10.1. The molecular weight excluding hydrogens is 379 g/mol. The predicted molar refractivity (Wildman–Crippen MR) is 110 cm³/mol. The lowest BCUT2D eigenvalue weighted by molar-refractivity contribution is 0.292. The zero-order chi connectivity index (χ0) is 19.6. The molecule has 1 aromatic heterocycles. The van der Waals surface area contributed by atoms with Gasteiger partial charge in [0.2, 0.25) is 0 Å². The normalized spacial score (nSPS) is 21.8. The van der Waals surface area contributed by atoms with Crippen LogP contribution in [0, 0.1) is 5.82 Å². The summed E-state index contributed by atoms with van der Waals surface area (Å²) in [6, 6.07) is 11.6. The van der Waals surface area contributed by atoms with E-state index < -0.39 is 5.82 Å². The summed E-state index contributed by atoms with van der Waals surface area (Å²) >= 11 is 5.91. The van der Waals surface area contributed by atoms with E-state index in [1.807, 2.05) is 18.2 Å². The highest BCUT2D eigenvalue weighted by Crippen LogP contribution is 2.34. The van der Waals surface area contributed by atoms with Crippen molar-refractivity contribution >= 4 is 28.2 Å². The minimum Gasteiger partial charge on any atom is -0.366 e. The third kappa shape index (κ3) is 2.55. The Balaban J connectivity index is 1.62. The first kappa shape index (κ1) is 17.6. The summed E-state index contributed by atoms with van der Waals surface area (Å²) in [4.78, 5) is 22.4. The van der Waals surface area contributed by atoms with Crippen LogP contribution in [0.25, 0.3) is 22.3 Å². The van der Waals surface area contributed by atoms with Crippen molar-refractivity contribution < 1.29 is 4.39 Å². The van der Waals surface area contributed by atoms with Crippen molar-refractivity contribution in [3.63, 3.8) is 0 Å². The highest BCUT2D eigenvalue weighted by molar-refractivity contribution is 6.31. The number of benzene rings is 2. The first-order chi connectivity index (χ1) is 13.4. The van der Waals surface area contributed by atoms with E-state index in [9.17, 15) is 9.18 Å². The zero-order valence-corrected chi connectivity index (χ0v) is 16.4. The van der Waals surface area contributed by atoms with Crippen molar-refractivity contribution in [2.75, 3.05) is 25.0 Å². The van der Waals surface area contributed by atoms with Gasteiger partial charge in [0.05, 0.1) is 21.5 Å². The van der Waals surface area contributed by atoms with Gasteiger partial charge in [-0.15, -0.1) is 0 Å². The van der Waals surface area contributed by atoms with Crippen molar-refractivity contribution in [1.29, 1.82) is 0 Å². The van der Waals surface area contributed by atoms with Crippen molar-refractivity contribution in [2.24, 2.45) is 7.05 Å². The number of fused-ring (bicyclic) bond motifs is 3. The standard InChI is InChI=1S/C21H20ClFN4O/c1-25-10-14-8-13(25)11-27(14)12-6-7-18-16(9-12)21(28)26(2)20(24-18)15-4-3-5-17(22)19(15)23/h3-7,9,13-14H,8,10-11H2,1-2H3/t13-,14+/m1/s1. The van der Waals surface area contributed by atoms with E-state index >= 15 is 0 Å². The number of hydrogen-bond donors (Lipinski definition) is 0. The second-order valence-corrected chi connectivity index (χ2v) is 8.14. The first-order valence-electron chi connectivity index (χ1n) is 9.36. The van der Waals surface area contributed by atoms with Gasteiger partial charge >= 0.3 is 0 Å². The Morgan fingerprint density at radius 3 is 2.68 bits per heavy atom. The number of halogens is 2. The fourth-order valence-electron chi connectivity index (χ4n) is 4.54. The zero-order valence-electron chi connectivity index (χ0n) is 15.7. The second-order valence-electron chi connectivity index (χ2n) is 7.74. The maximum absolute atomic E-state index is 14.5. The molecule has 3 heterocycles. The van der Waals surface area contributed by atoms with E-state index in [-0.39, 0.29) is 22.0 Å². The molecule has 3 aromatic rings. The molecule has 0 spiro atoms. The number of nitrogens with zero attached hydrogens (tertiary/aromatic N) is 4. The van der Waals surface area contributed by atoms with Crippen LogP contribution in [0.15, 0.2) is 41.2 Å². The Morgan fingerprint density at radius 2 is 1.96 bits per heavy atom. The molecule has 0 aliphatic carbocycles. The van der Waals surface area contributed by atoms with Gasteiger partial charge in [-0.1, -0.05) is 17.7 Å². The molecule has 2 saturated heterocycles. The summed E-state index contributed by atoms with van der Waals surface area (Å²) in [6.07, 6.45) is 1.16. The van der Waals surface area contributed by atoms with Crippen molar-refractivity contribution in [3.8, 4) is 11.4 Å². The average Bonchev–Trinajstić information content (AvgIpc) is 3.26. The highest BCUT2D eigenvalue weighted by atomic mass is 35.5. The van der Waals surface area contributed by atoms with Gasteiger partial charge in [0.1, 0.15) is 5.82 Å². The number of rotatable bonds is 2. The fourth-order valence-corrected chi connectivity index (χ4v) is 4.71. The molecule has 0 saturated carbocycles. The molecule has 7 heteroatoms. The van der Waals surface area contributed by atoms with E-state index in [1.165, 1.54) is 10.6 Å². The van der Waals surface area contributed by atoms with Crippen LogP contribution in [0.5, 0.6) is 0 Å². The largest absolute Gasteiger partial charge is 0.366 e. The second kappa shape index (κ2) is 6.29. The van der Waals surface area contributed by atoms with Crippen LogP contribution in [-0.2, 0) is 7.05 Å². The molecule has 2 aromatic carbocycles. The molecule has 5 nitrogen and oxygen atoms in total. The summed E-state index contributed by atoms with van der Waals surface area (Å²) in [6.45, 7) is 2.03. The van der Waals surface area contributed by atoms with E-state index in [4.69, 9.17) is 11.6 Å². The van der Waals surface area contributed by atoms with Gasteiger partial charge in [0, 0.05) is 37.9 Å². The van der Waals surface area contributed by atoms with E-state index in [2.05, 4.69) is 21.8 Å². The number of aromatic nitrogens is 2. The molecule has 0 radical (unpaired) electrons. The van der Waals surface area contributed by atoms with E-state index in [0.717, 1.165) is 25.2 Å². The molecule has 0 unspecified atom stereocenters. The minimum absolute atomic E-state index is 0.0104. The lowest BCUT2D eigenvalue weighted by Crippen LogP contribution is -2.44. The van der Waals surface area contributed by atoms with Crippen molar-refractivity contribution in [3.05, 3.63) is 57.6 Å². The lowest BCUT2D eigenvalue weighted by Gasteiger charge is -2.33. The molecule has 5 rings (SSSR count). The van der Waals surface area contributed by atoms with Crippen LogP contribution in [-0.4, -0.2) is 46.7 Å². The molecule has 2 atom stereocenters. The van der Waals surface area contributed by atoms with Gasteiger partial charge in [-0.3, -0.25) is 14.3 Å². The molecular formula is C21H20ClFN4O. The Labute approximate surface area is 167 Å². The van der Waals surface area contributed by atoms with Gasteiger partial charge in [-0.25, -0.2) is 9.37 Å². The third-order valence-corrected chi connectivity index (χ3v) is 6.39. The first-order valence-corrected chi connectivity index (χ1v) is 9.74. The molecule has 2 fully saturated rings. The monoisotopic (exact) mass is 398 g/mol. The van der Waals surface area contributed by atoms with Gasteiger partial charge in [-0.2, -0.15) is 0 Å². The Bertz CT molecular complexity index is 1160. The number of piperazine rings is 1. The Morgan fingerprint density at radius 1 is 1.14 bits per heavy atom. The molecule has 2 aliphatic heterocycles. The smallest absolute Gasteiger partial charge is 0.261 e. The molecule has 0 amide bonds. The summed E-state index contributed by atoms with van der Waals surface area (Å²) in [5, 5.41) is 0.554. The van der Waals surface area contributed by atoms with Crippen LogP contribution >= 0.6 is 11.6 Å². The van der Waals surface area contributed by atoms with Crippen LogP contribution in [0.1, 0.15) is 6.42 Å². The number of likely N-dealkylation sites (tertiary alicyclic amines) is 1. The average molecular weight is 399 g/mol. The molecule has 2 bridgehead atoms. The summed E-state index contributed by atoms with van der Waals surface area (Å²) in [5.74, 6) is -0.299. The molecule has 28 heavy (non-hydrogen) atoms. The number of anilines is 1. The maximum Gasteiger partial charge on any atom is 0.261 e. The fraction of sp³-hybridized carbons (Fsp3) is 0.333. The number of likely N-dealkylation sites (N-methyl/N-ethyl adjacent to an activating group) is 1. The predicted octanol–water partition coefficient (Wildman–Crippen LogP) is 3.29. The van der Waals surface area contributed by atoms with Crippen molar-refractivity contribution in [1.82, 2.24) is 14.5 Å². The summed E-state index contributed by atoms with van der Waals surface area (Å²) in [5.41, 5.74) is 1.64. The van der Waals surface area contributed by atoms with Crippen LogP contribution in [0.3, 0.4) is 0 Å². The highest BCUT2D eigenvalue weighted by Gasteiger charge is 2.41. The quantitative estimate of drug-likeness (QED) is 0.664. The minimum atomic E-state index is -0.570. The SMILES string of the molecule is CN1C[C@@H]2C[C@@H]1CN2c1ccc2nc(-c3cccc(Cl)c3F)n(C)c(=O)c2c1. The van der Waals surface area contributed by atoms with Crippen LogP contribution in [0.4, 0.5) is 10.1 Å². The summed E-state index contributed by atoms with van der Waals surface area (Å²) < 4.78 is 15.9. The molecule has 0 N–H and O–H groups in total. The van der Waals surface area contributed by atoms with Gasteiger partial charge in [0.25, 0.3) is 5.56 Å². The maximum atomic E-state index is 14.5. The molecule has 2 aliphatic rings. The van der Waals surface area contributed by atoms with Gasteiger partial charge < -0.3 is 4.90 Å². The van der Waals surface area contributed by atoms with E-state index in [1.54, 1.807) is 19.2 Å². The van der Waals surface area contributed by atoms with Gasteiger partial charge in [0.15, 0.2) is 5.82 Å². The topological polar surface area (TPSA) is 41.4 Å². The number of hydrogen-bond acceptors (Lipinski definition) is 4. The van der Waals surface area contributed by atoms with Crippen molar-refractivity contribution in [2.45, 2.75) is 18.5 Å². The summed E-state index contributed by atoms with van der Waals surface area (Å²) in [7, 11) is 3.78. The Kier molecular flexibility index (Phi) is 3.96. The Hall–Kier alpha value is -2.44. The van der Waals surface area contributed by atoms with E-state index in [0.29, 0.717) is 23.0 Å². The van der Waals surface area contributed by atoms with Crippen LogP contribution < -0.4 is 10.5 Å². The van der Waals surface area contributed by atoms with Crippen LogP contribution in [0.2, 0.25) is 5.02 Å². The molecule has 144 valence electrons. The third-order valence-electron chi connectivity index (χ3n) is 6.10.